The van der Waals surface area contributed by atoms with Crippen LogP contribution in [0, 0.1) is 0 Å². The van der Waals surface area contributed by atoms with Gasteiger partial charge in [0, 0.05) is 17.1 Å². The van der Waals surface area contributed by atoms with Crippen LogP contribution < -0.4 is 10.2 Å². The number of carbonyl (C=O) groups excluding carboxylic acids is 2. The fraction of sp³-hybridized carbons (Fsp3) is 0.417. The Morgan fingerprint density at radius 3 is 2.80 bits per heavy atom. The molecule has 0 bridgehead atoms. The Morgan fingerprint density at radius 2 is 2.03 bits per heavy atom. The first-order valence-electron chi connectivity index (χ1n) is 10.8. The van der Waals surface area contributed by atoms with Crippen LogP contribution in [0.25, 0.3) is 10.2 Å². The fourth-order valence-electron chi connectivity index (χ4n) is 4.93. The molecule has 1 unspecified atom stereocenters. The molecule has 2 amide bonds. The molecule has 0 radical (unpaired) electrons. The van der Waals surface area contributed by atoms with Crippen LogP contribution in [0.3, 0.4) is 0 Å². The largest absolute Gasteiger partial charge is 0.351 e. The molecule has 6 heteroatoms. The molecule has 3 heterocycles. The van der Waals surface area contributed by atoms with Crippen molar-refractivity contribution in [3.63, 3.8) is 0 Å². The average molecular weight is 422 g/mol. The second kappa shape index (κ2) is 7.27. The highest BCUT2D eigenvalue weighted by atomic mass is 32.1. The number of rotatable bonds is 4. The normalized spacial score (nSPS) is 21.9. The number of hydrogen-bond acceptors (Lipinski definition) is 3. The SMILES string of the molecule is CCc1cccc(N2C(=O)c3cc4ccsc4n3CC2(C)C(=O)NC2CCCC2)c1. The third kappa shape index (κ3) is 2.97. The molecule has 1 aromatic carbocycles. The standard InChI is InChI=1S/C24H27N3O2S/c1-3-16-7-6-10-19(13-16)27-21(28)20-14-17-11-12-30-22(17)26(20)15-24(27,2)23(29)25-18-8-4-5-9-18/h6-7,10-14,18H,3-5,8-9,15H2,1-2H3,(H,25,29). The maximum absolute atomic E-state index is 13.8. The van der Waals surface area contributed by atoms with Gasteiger partial charge in [-0.1, -0.05) is 31.9 Å². The monoisotopic (exact) mass is 421 g/mol. The van der Waals surface area contributed by atoms with Crippen molar-refractivity contribution in [2.75, 3.05) is 4.90 Å². The Kier molecular flexibility index (Phi) is 4.69. The Hall–Kier alpha value is -2.60. The summed E-state index contributed by atoms with van der Waals surface area (Å²) in [6.45, 7) is 4.46. The molecule has 0 saturated heterocycles. The van der Waals surface area contributed by atoms with E-state index in [4.69, 9.17) is 0 Å². The van der Waals surface area contributed by atoms with Crippen molar-refractivity contribution in [1.29, 1.82) is 0 Å². The zero-order valence-electron chi connectivity index (χ0n) is 17.5. The molecule has 5 nitrogen and oxygen atoms in total. The molecule has 1 aliphatic heterocycles. The molecule has 3 aromatic rings. The van der Waals surface area contributed by atoms with Gasteiger partial charge in [-0.2, -0.15) is 0 Å². The fourth-order valence-corrected chi connectivity index (χ4v) is 5.83. The summed E-state index contributed by atoms with van der Waals surface area (Å²) in [5.74, 6) is -0.171. The summed E-state index contributed by atoms with van der Waals surface area (Å²) >= 11 is 1.62. The van der Waals surface area contributed by atoms with E-state index < -0.39 is 5.54 Å². The zero-order chi connectivity index (χ0) is 20.9. The summed E-state index contributed by atoms with van der Waals surface area (Å²) in [4.78, 5) is 30.2. The van der Waals surface area contributed by atoms with Gasteiger partial charge >= 0.3 is 0 Å². The Balaban J connectivity index is 1.63. The lowest BCUT2D eigenvalue weighted by atomic mass is 9.93. The number of amides is 2. The highest BCUT2D eigenvalue weighted by Gasteiger charge is 2.49. The quantitative estimate of drug-likeness (QED) is 0.661. The van der Waals surface area contributed by atoms with Crippen molar-refractivity contribution in [3.8, 4) is 0 Å². The molecule has 1 fully saturated rings. The Morgan fingerprint density at radius 1 is 1.23 bits per heavy atom. The van der Waals surface area contributed by atoms with Crippen molar-refractivity contribution in [1.82, 2.24) is 9.88 Å². The van der Waals surface area contributed by atoms with E-state index in [0.29, 0.717) is 12.2 Å². The van der Waals surface area contributed by atoms with Gasteiger partial charge in [0.05, 0.1) is 6.54 Å². The zero-order valence-corrected chi connectivity index (χ0v) is 18.3. The van der Waals surface area contributed by atoms with Crippen LogP contribution in [0.4, 0.5) is 5.69 Å². The lowest BCUT2D eigenvalue weighted by Crippen LogP contribution is -2.65. The molecule has 5 rings (SSSR count). The maximum atomic E-state index is 13.8. The van der Waals surface area contributed by atoms with Gasteiger partial charge in [0.15, 0.2) is 0 Å². The molecule has 2 aromatic heterocycles. The highest BCUT2D eigenvalue weighted by molar-refractivity contribution is 7.16. The summed E-state index contributed by atoms with van der Waals surface area (Å²) in [7, 11) is 0. The van der Waals surface area contributed by atoms with Crippen molar-refractivity contribution in [2.24, 2.45) is 0 Å². The molecule has 30 heavy (non-hydrogen) atoms. The first kappa shape index (κ1) is 19.4. The summed E-state index contributed by atoms with van der Waals surface area (Å²) in [5.41, 5.74) is 1.61. The van der Waals surface area contributed by atoms with Gasteiger partial charge in [0.2, 0.25) is 5.91 Å². The number of fused-ring (bicyclic) bond motifs is 3. The van der Waals surface area contributed by atoms with E-state index in [-0.39, 0.29) is 17.9 Å². The minimum absolute atomic E-state index is 0.0614. The van der Waals surface area contributed by atoms with Crippen molar-refractivity contribution < 1.29 is 9.59 Å². The van der Waals surface area contributed by atoms with Gasteiger partial charge < -0.3 is 9.88 Å². The van der Waals surface area contributed by atoms with Crippen LogP contribution in [0.5, 0.6) is 0 Å². The molecule has 1 N–H and O–H groups in total. The van der Waals surface area contributed by atoms with Crippen LogP contribution in [0.1, 0.15) is 55.6 Å². The van der Waals surface area contributed by atoms with E-state index in [1.165, 1.54) is 0 Å². The van der Waals surface area contributed by atoms with Gasteiger partial charge in [-0.25, -0.2) is 0 Å². The van der Waals surface area contributed by atoms with E-state index in [9.17, 15) is 9.59 Å². The second-order valence-electron chi connectivity index (χ2n) is 8.69. The molecule has 0 spiro atoms. The van der Waals surface area contributed by atoms with Gasteiger partial charge in [0.25, 0.3) is 5.91 Å². The van der Waals surface area contributed by atoms with Crippen LogP contribution >= 0.6 is 11.3 Å². The third-order valence-corrected chi connectivity index (χ3v) is 7.59. The number of hydrogen-bond donors (Lipinski definition) is 1. The van der Waals surface area contributed by atoms with E-state index in [1.807, 2.05) is 47.2 Å². The molecule has 1 saturated carbocycles. The summed E-state index contributed by atoms with van der Waals surface area (Å²) in [6, 6.07) is 12.2. The van der Waals surface area contributed by atoms with Gasteiger partial charge in [-0.05, 0) is 61.4 Å². The number of thiophene rings is 1. The van der Waals surface area contributed by atoms with Crippen molar-refractivity contribution in [3.05, 3.63) is 53.0 Å². The molecule has 1 atom stereocenters. The van der Waals surface area contributed by atoms with Crippen molar-refractivity contribution in [2.45, 2.75) is 64.1 Å². The van der Waals surface area contributed by atoms with E-state index in [2.05, 4.69) is 18.3 Å². The minimum atomic E-state index is -0.991. The van der Waals surface area contributed by atoms with Crippen LogP contribution in [0.15, 0.2) is 41.8 Å². The number of aromatic nitrogens is 1. The van der Waals surface area contributed by atoms with Gasteiger partial charge in [-0.15, -0.1) is 11.3 Å². The summed E-state index contributed by atoms with van der Waals surface area (Å²) in [5, 5.41) is 6.36. The van der Waals surface area contributed by atoms with E-state index in [0.717, 1.165) is 53.6 Å². The number of benzene rings is 1. The number of aryl methyl sites for hydroxylation is 1. The lowest BCUT2D eigenvalue weighted by Gasteiger charge is -2.44. The number of carbonyl (C=O) groups is 2. The Bertz CT molecular complexity index is 1120. The predicted molar refractivity (Wildman–Crippen MR) is 121 cm³/mol. The topological polar surface area (TPSA) is 54.3 Å². The smallest absolute Gasteiger partial charge is 0.275 e. The first-order chi connectivity index (χ1) is 14.5. The van der Waals surface area contributed by atoms with Crippen LogP contribution in [0.2, 0.25) is 0 Å². The number of anilines is 1. The second-order valence-corrected chi connectivity index (χ2v) is 9.58. The molecule has 156 valence electrons. The predicted octanol–water partition coefficient (Wildman–Crippen LogP) is 4.74. The maximum Gasteiger partial charge on any atom is 0.275 e. The highest BCUT2D eigenvalue weighted by Crippen LogP contribution is 2.38. The third-order valence-electron chi connectivity index (χ3n) is 6.64. The van der Waals surface area contributed by atoms with Crippen LogP contribution in [-0.4, -0.2) is 28.0 Å². The summed E-state index contributed by atoms with van der Waals surface area (Å²) < 4.78 is 2.04. The molecule has 2 aliphatic rings. The summed E-state index contributed by atoms with van der Waals surface area (Å²) in [6.07, 6.45) is 5.23. The van der Waals surface area contributed by atoms with Crippen molar-refractivity contribution >= 4 is 39.1 Å². The number of nitrogens with one attached hydrogen (secondary N) is 1. The minimum Gasteiger partial charge on any atom is -0.351 e. The van der Waals surface area contributed by atoms with Crippen LogP contribution in [-0.2, 0) is 17.8 Å². The molecule has 1 aliphatic carbocycles. The van der Waals surface area contributed by atoms with Gasteiger partial charge in [0.1, 0.15) is 16.1 Å². The Labute approximate surface area is 180 Å². The first-order valence-corrected chi connectivity index (χ1v) is 11.7. The van der Waals surface area contributed by atoms with E-state index >= 15 is 0 Å². The molecular formula is C24H27N3O2S. The number of nitrogens with zero attached hydrogens (tertiary/aromatic N) is 2. The van der Waals surface area contributed by atoms with Gasteiger partial charge in [-0.3, -0.25) is 14.5 Å². The average Bonchev–Trinajstić information content (AvgIpc) is 3.47. The lowest BCUT2D eigenvalue weighted by molar-refractivity contribution is -0.127. The van der Waals surface area contributed by atoms with E-state index in [1.54, 1.807) is 16.2 Å². The molecular weight excluding hydrogens is 394 g/mol.